The molecular weight excluding hydrogens is 317 g/mol. The van der Waals surface area contributed by atoms with Crippen molar-refractivity contribution in [2.75, 3.05) is 5.75 Å². The summed E-state index contributed by atoms with van der Waals surface area (Å²) in [6, 6.07) is 13.3. The van der Waals surface area contributed by atoms with Crippen LogP contribution in [-0.4, -0.2) is 16.7 Å². The Morgan fingerprint density at radius 3 is 2.74 bits per heavy atom. The van der Waals surface area contributed by atoms with Crippen molar-refractivity contribution in [1.29, 1.82) is 0 Å². The first-order chi connectivity index (χ1) is 11.1. The third-order valence-electron chi connectivity index (χ3n) is 3.24. The first-order valence-electron chi connectivity index (χ1n) is 7.05. The number of carbonyl (C=O) groups is 1. The molecular formula is C17H14FNO3S. The summed E-state index contributed by atoms with van der Waals surface area (Å²) in [5.41, 5.74) is 2.18. The molecule has 1 atom stereocenters. The van der Waals surface area contributed by atoms with E-state index in [1.807, 2.05) is 24.3 Å². The SMILES string of the molecule is C[C@@H](OC(=O)CSc1nc2ccccc2o1)c1ccc(F)cc1. The quantitative estimate of drug-likeness (QED) is 0.513. The van der Waals surface area contributed by atoms with E-state index >= 15 is 0 Å². The van der Waals surface area contributed by atoms with Crippen LogP contribution in [0.25, 0.3) is 11.1 Å². The average molecular weight is 331 g/mol. The minimum atomic E-state index is -0.438. The largest absolute Gasteiger partial charge is 0.457 e. The molecule has 3 aromatic rings. The van der Waals surface area contributed by atoms with Crippen LogP contribution >= 0.6 is 11.8 Å². The van der Waals surface area contributed by atoms with Crippen LogP contribution in [0.2, 0.25) is 0 Å². The van der Waals surface area contributed by atoms with Crippen molar-refractivity contribution in [2.24, 2.45) is 0 Å². The maximum absolute atomic E-state index is 12.9. The fourth-order valence-electron chi connectivity index (χ4n) is 2.07. The Hall–Kier alpha value is -2.34. The average Bonchev–Trinajstić information content (AvgIpc) is 2.96. The molecule has 23 heavy (non-hydrogen) atoms. The summed E-state index contributed by atoms with van der Waals surface area (Å²) in [6.07, 6.45) is -0.438. The lowest BCUT2D eigenvalue weighted by atomic mass is 10.1. The fraction of sp³-hybridized carbons (Fsp3) is 0.176. The minimum absolute atomic E-state index is 0.0956. The Labute approximate surface area is 136 Å². The van der Waals surface area contributed by atoms with Crippen molar-refractivity contribution in [1.82, 2.24) is 4.98 Å². The second kappa shape index (κ2) is 6.83. The van der Waals surface area contributed by atoms with E-state index in [0.717, 1.165) is 11.1 Å². The highest BCUT2D eigenvalue weighted by atomic mass is 32.2. The van der Waals surface area contributed by atoms with Crippen LogP contribution in [0.4, 0.5) is 4.39 Å². The van der Waals surface area contributed by atoms with E-state index in [2.05, 4.69) is 4.98 Å². The number of hydrogen-bond donors (Lipinski definition) is 0. The lowest BCUT2D eigenvalue weighted by Gasteiger charge is -2.13. The number of ether oxygens (including phenoxy) is 1. The molecule has 0 saturated heterocycles. The summed E-state index contributed by atoms with van der Waals surface area (Å²) < 4.78 is 23.7. The molecule has 1 aromatic heterocycles. The maximum Gasteiger partial charge on any atom is 0.317 e. The number of esters is 1. The number of fused-ring (bicyclic) bond motifs is 1. The van der Waals surface area contributed by atoms with Gasteiger partial charge in [0.1, 0.15) is 23.2 Å². The van der Waals surface area contributed by atoms with Gasteiger partial charge in [-0.2, -0.15) is 0 Å². The highest BCUT2D eigenvalue weighted by Crippen LogP contribution is 2.24. The van der Waals surface area contributed by atoms with Crippen molar-refractivity contribution < 1.29 is 18.3 Å². The van der Waals surface area contributed by atoms with Gasteiger partial charge in [-0.3, -0.25) is 4.79 Å². The molecule has 0 amide bonds. The number of oxazole rings is 1. The van der Waals surface area contributed by atoms with Gasteiger partial charge in [-0.1, -0.05) is 36.0 Å². The summed E-state index contributed by atoms with van der Waals surface area (Å²) in [6.45, 7) is 1.75. The second-order valence-corrected chi connectivity index (χ2v) is 5.85. The molecule has 118 valence electrons. The molecule has 2 aromatic carbocycles. The van der Waals surface area contributed by atoms with Crippen molar-refractivity contribution in [3.8, 4) is 0 Å². The molecule has 1 heterocycles. The van der Waals surface area contributed by atoms with Crippen LogP contribution in [0, 0.1) is 5.82 Å². The van der Waals surface area contributed by atoms with Gasteiger partial charge in [-0.25, -0.2) is 9.37 Å². The van der Waals surface area contributed by atoms with Crippen LogP contribution in [0.1, 0.15) is 18.6 Å². The predicted octanol–water partition coefficient (Wildman–Crippen LogP) is 4.36. The van der Waals surface area contributed by atoms with Gasteiger partial charge in [0.05, 0.1) is 0 Å². The zero-order chi connectivity index (χ0) is 16.2. The second-order valence-electron chi connectivity index (χ2n) is 4.92. The number of rotatable bonds is 5. The number of nitrogens with zero attached hydrogens (tertiary/aromatic N) is 1. The van der Waals surface area contributed by atoms with Gasteiger partial charge in [0.15, 0.2) is 5.58 Å². The normalized spacial score (nSPS) is 12.3. The number of halogens is 1. The monoisotopic (exact) mass is 331 g/mol. The molecule has 0 aliphatic rings. The van der Waals surface area contributed by atoms with Gasteiger partial charge in [0, 0.05) is 0 Å². The van der Waals surface area contributed by atoms with Gasteiger partial charge in [-0.15, -0.1) is 0 Å². The van der Waals surface area contributed by atoms with Crippen molar-refractivity contribution >= 4 is 28.8 Å². The topological polar surface area (TPSA) is 52.3 Å². The summed E-state index contributed by atoms with van der Waals surface area (Å²) in [4.78, 5) is 16.2. The van der Waals surface area contributed by atoms with Crippen molar-refractivity contribution in [3.05, 3.63) is 59.9 Å². The Balaban J connectivity index is 1.55. The van der Waals surface area contributed by atoms with E-state index in [4.69, 9.17) is 9.15 Å². The summed E-state index contributed by atoms with van der Waals surface area (Å²) in [5.74, 6) is -0.605. The molecule has 0 fully saturated rings. The molecule has 0 N–H and O–H groups in total. The third-order valence-corrected chi connectivity index (χ3v) is 4.04. The lowest BCUT2D eigenvalue weighted by Crippen LogP contribution is -2.11. The Morgan fingerprint density at radius 1 is 1.26 bits per heavy atom. The Morgan fingerprint density at radius 2 is 2.00 bits per heavy atom. The number of para-hydroxylation sites is 2. The highest BCUT2D eigenvalue weighted by Gasteiger charge is 2.14. The number of thioether (sulfide) groups is 1. The molecule has 0 aliphatic carbocycles. The lowest BCUT2D eigenvalue weighted by molar-refractivity contribution is -0.145. The van der Waals surface area contributed by atoms with Gasteiger partial charge in [-0.05, 0) is 36.8 Å². The summed E-state index contributed by atoms with van der Waals surface area (Å²) in [5, 5.41) is 0.428. The van der Waals surface area contributed by atoms with Gasteiger partial charge < -0.3 is 9.15 Å². The van der Waals surface area contributed by atoms with E-state index in [9.17, 15) is 9.18 Å². The van der Waals surface area contributed by atoms with Crippen LogP contribution < -0.4 is 0 Å². The molecule has 3 rings (SSSR count). The van der Waals surface area contributed by atoms with Crippen molar-refractivity contribution in [3.63, 3.8) is 0 Å². The first-order valence-corrected chi connectivity index (χ1v) is 8.04. The number of benzene rings is 2. The van der Waals surface area contributed by atoms with E-state index in [-0.39, 0.29) is 17.5 Å². The van der Waals surface area contributed by atoms with Gasteiger partial charge in [0.2, 0.25) is 0 Å². The Kier molecular flexibility index (Phi) is 4.62. The zero-order valence-electron chi connectivity index (χ0n) is 12.4. The van der Waals surface area contributed by atoms with E-state index in [1.54, 1.807) is 19.1 Å². The molecule has 0 spiro atoms. The van der Waals surface area contributed by atoms with E-state index < -0.39 is 6.10 Å². The van der Waals surface area contributed by atoms with Crippen LogP contribution in [0.5, 0.6) is 0 Å². The van der Waals surface area contributed by atoms with E-state index in [1.165, 1.54) is 23.9 Å². The van der Waals surface area contributed by atoms with Gasteiger partial charge in [0.25, 0.3) is 5.22 Å². The summed E-state index contributed by atoms with van der Waals surface area (Å²) in [7, 11) is 0. The smallest absolute Gasteiger partial charge is 0.317 e. The van der Waals surface area contributed by atoms with E-state index in [0.29, 0.717) is 10.8 Å². The first kappa shape index (κ1) is 15.6. The fourth-order valence-corrected chi connectivity index (χ4v) is 2.69. The summed E-state index contributed by atoms with van der Waals surface area (Å²) >= 11 is 1.18. The molecule has 0 saturated carbocycles. The molecule has 0 radical (unpaired) electrons. The molecule has 6 heteroatoms. The van der Waals surface area contributed by atoms with Crippen LogP contribution in [-0.2, 0) is 9.53 Å². The molecule has 0 aliphatic heterocycles. The molecule has 4 nitrogen and oxygen atoms in total. The molecule has 0 unspecified atom stereocenters. The maximum atomic E-state index is 12.9. The number of carbonyl (C=O) groups excluding carboxylic acids is 1. The molecule has 0 bridgehead atoms. The predicted molar refractivity (Wildman–Crippen MR) is 85.6 cm³/mol. The third kappa shape index (κ3) is 3.90. The zero-order valence-corrected chi connectivity index (χ0v) is 13.2. The van der Waals surface area contributed by atoms with Crippen LogP contribution in [0.15, 0.2) is 58.2 Å². The Bertz CT molecular complexity index is 783. The standard InChI is InChI=1S/C17H14FNO3S/c1-11(12-6-8-13(18)9-7-12)21-16(20)10-23-17-19-14-4-2-3-5-15(14)22-17/h2-9,11H,10H2,1H3/t11-/m1/s1. The van der Waals surface area contributed by atoms with Crippen molar-refractivity contribution in [2.45, 2.75) is 18.3 Å². The van der Waals surface area contributed by atoms with Gasteiger partial charge >= 0.3 is 5.97 Å². The number of hydrogen-bond acceptors (Lipinski definition) is 5. The number of aromatic nitrogens is 1. The van der Waals surface area contributed by atoms with Crippen LogP contribution in [0.3, 0.4) is 0 Å². The highest BCUT2D eigenvalue weighted by molar-refractivity contribution is 7.99. The minimum Gasteiger partial charge on any atom is -0.457 e.